The smallest absolute Gasteiger partial charge is 0.223 e. The fourth-order valence-corrected chi connectivity index (χ4v) is 2.15. The fourth-order valence-electron chi connectivity index (χ4n) is 2.15. The highest BCUT2D eigenvalue weighted by molar-refractivity contribution is 5.79. The van der Waals surface area contributed by atoms with Crippen LogP contribution in [0.3, 0.4) is 0 Å². The molecule has 1 unspecified atom stereocenters. The Morgan fingerprint density at radius 3 is 2.61 bits per heavy atom. The third kappa shape index (κ3) is 3.70. The van der Waals surface area contributed by atoms with Gasteiger partial charge in [-0.05, 0) is 18.4 Å². The van der Waals surface area contributed by atoms with Crippen LogP contribution in [0.5, 0.6) is 0 Å². The van der Waals surface area contributed by atoms with E-state index in [-0.39, 0.29) is 11.8 Å². The molecule has 1 aromatic carbocycles. The maximum absolute atomic E-state index is 11.7. The third-order valence-corrected chi connectivity index (χ3v) is 3.20. The topological polar surface area (TPSA) is 49.3 Å². The van der Waals surface area contributed by atoms with Crippen molar-refractivity contribution >= 4 is 5.91 Å². The molecule has 0 spiro atoms. The number of hydrogen-bond acceptors (Lipinski definition) is 2. The third-order valence-electron chi connectivity index (χ3n) is 3.20. The zero-order valence-corrected chi connectivity index (χ0v) is 10.4. The molecular weight excluding hydrogens is 226 g/mol. The molecule has 0 aliphatic heterocycles. The van der Waals surface area contributed by atoms with Crippen LogP contribution >= 0.6 is 0 Å². The van der Waals surface area contributed by atoms with E-state index in [9.17, 15) is 9.90 Å². The lowest BCUT2D eigenvalue weighted by Gasteiger charge is -2.14. The summed E-state index contributed by atoms with van der Waals surface area (Å²) in [4.78, 5) is 11.7. The second-order valence-electron chi connectivity index (χ2n) is 4.73. The molecule has 1 aromatic rings. The van der Waals surface area contributed by atoms with E-state index >= 15 is 0 Å². The van der Waals surface area contributed by atoms with Crippen molar-refractivity contribution in [3.63, 3.8) is 0 Å². The van der Waals surface area contributed by atoms with Gasteiger partial charge in [0.2, 0.25) is 5.91 Å². The van der Waals surface area contributed by atoms with Gasteiger partial charge in [-0.25, -0.2) is 0 Å². The largest absolute Gasteiger partial charge is 0.391 e. The predicted molar refractivity (Wildman–Crippen MR) is 71.0 cm³/mol. The Labute approximate surface area is 108 Å². The van der Waals surface area contributed by atoms with E-state index in [4.69, 9.17) is 0 Å². The Morgan fingerprint density at radius 1 is 1.28 bits per heavy atom. The average Bonchev–Trinajstić information content (AvgIpc) is 2.91. The molecule has 1 amide bonds. The van der Waals surface area contributed by atoms with Gasteiger partial charge in [0, 0.05) is 18.9 Å². The lowest BCUT2D eigenvalue weighted by molar-refractivity contribution is -0.125. The lowest BCUT2D eigenvalue weighted by Crippen LogP contribution is -2.36. The molecule has 0 bridgehead atoms. The number of aliphatic hydroxyl groups excluding tert-OH is 1. The van der Waals surface area contributed by atoms with Crippen LogP contribution in [0.25, 0.3) is 0 Å². The van der Waals surface area contributed by atoms with Crippen LogP contribution in [0.4, 0.5) is 0 Å². The van der Waals surface area contributed by atoms with Crippen molar-refractivity contribution in [3.8, 4) is 0 Å². The zero-order chi connectivity index (χ0) is 12.8. The van der Waals surface area contributed by atoms with Crippen LogP contribution in [0.2, 0.25) is 0 Å². The van der Waals surface area contributed by atoms with Gasteiger partial charge in [0.05, 0.1) is 6.10 Å². The minimum atomic E-state index is -0.522. The van der Waals surface area contributed by atoms with E-state index in [2.05, 4.69) is 5.32 Å². The van der Waals surface area contributed by atoms with Crippen LogP contribution < -0.4 is 5.32 Å². The summed E-state index contributed by atoms with van der Waals surface area (Å²) in [5, 5.41) is 12.7. The number of benzene rings is 1. The van der Waals surface area contributed by atoms with Gasteiger partial charge in [-0.2, -0.15) is 0 Å². The normalized spacial score (nSPS) is 16.7. The van der Waals surface area contributed by atoms with Gasteiger partial charge in [-0.15, -0.1) is 0 Å². The maximum atomic E-state index is 11.7. The van der Waals surface area contributed by atoms with Crippen molar-refractivity contribution in [2.45, 2.75) is 25.4 Å². The van der Waals surface area contributed by atoms with E-state index in [0.717, 1.165) is 18.4 Å². The van der Waals surface area contributed by atoms with E-state index in [0.29, 0.717) is 13.0 Å². The van der Waals surface area contributed by atoms with E-state index in [1.807, 2.05) is 42.5 Å². The SMILES string of the molecule is O=C(NCC(O)Cc1ccccc1)C1CC=CC1. The molecular formula is C15H19NO2. The molecule has 1 atom stereocenters. The number of amides is 1. The number of carbonyl (C=O) groups excluding carboxylic acids is 1. The molecule has 18 heavy (non-hydrogen) atoms. The van der Waals surface area contributed by atoms with Gasteiger partial charge in [-0.3, -0.25) is 4.79 Å². The molecule has 0 aromatic heterocycles. The number of rotatable bonds is 5. The summed E-state index contributed by atoms with van der Waals surface area (Å²) in [6.45, 7) is 0.324. The number of allylic oxidation sites excluding steroid dienone is 2. The van der Waals surface area contributed by atoms with Gasteiger partial charge in [-0.1, -0.05) is 42.5 Å². The highest BCUT2D eigenvalue weighted by atomic mass is 16.3. The zero-order valence-electron chi connectivity index (χ0n) is 10.4. The quantitative estimate of drug-likeness (QED) is 0.775. The second kappa shape index (κ2) is 6.36. The first kappa shape index (κ1) is 12.8. The molecule has 1 aliphatic carbocycles. The molecule has 0 fully saturated rings. The van der Waals surface area contributed by atoms with Crippen LogP contribution in [-0.2, 0) is 11.2 Å². The minimum absolute atomic E-state index is 0.0483. The Balaban J connectivity index is 1.71. The Morgan fingerprint density at radius 2 is 1.94 bits per heavy atom. The molecule has 2 N–H and O–H groups in total. The summed E-state index contributed by atoms with van der Waals surface area (Å²) in [6.07, 6.45) is 5.76. The molecule has 96 valence electrons. The summed E-state index contributed by atoms with van der Waals surface area (Å²) in [5.74, 6) is 0.112. The van der Waals surface area contributed by atoms with Gasteiger partial charge >= 0.3 is 0 Å². The van der Waals surface area contributed by atoms with Gasteiger partial charge in [0.1, 0.15) is 0 Å². The van der Waals surface area contributed by atoms with Crippen LogP contribution in [0.15, 0.2) is 42.5 Å². The van der Waals surface area contributed by atoms with Crippen molar-refractivity contribution in [2.75, 3.05) is 6.54 Å². The van der Waals surface area contributed by atoms with Crippen molar-refractivity contribution in [1.82, 2.24) is 5.32 Å². The highest BCUT2D eigenvalue weighted by Gasteiger charge is 2.19. The lowest BCUT2D eigenvalue weighted by atomic mass is 10.1. The first-order valence-electron chi connectivity index (χ1n) is 6.40. The van der Waals surface area contributed by atoms with Crippen molar-refractivity contribution in [3.05, 3.63) is 48.0 Å². The summed E-state index contributed by atoms with van der Waals surface area (Å²) in [5.41, 5.74) is 1.08. The summed E-state index contributed by atoms with van der Waals surface area (Å²) >= 11 is 0. The summed E-state index contributed by atoms with van der Waals surface area (Å²) in [6, 6.07) is 9.80. The van der Waals surface area contributed by atoms with Crippen LogP contribution in [-0.4, -0.2) is 23.7 Å². The molecule has 2 rings (SSSR count). The van der Waals surface area contributed by atoms with E-state index in [1.54, 1.807) is 0 Å². The van der Waals surface area contributed by atoms with Gasteiger partial charge in [0.15, 0.2) is 0 Å². The average molecular weight is 245 g/mol. The first-order valence-corrected chi connectivity index (χ1v) is 6.40. The van der Waals surface area contributed by atoms with Crippen molar-refractivity contribution in [1.29, 1.82) is 0 Å². The Kier molecular flexibility index (Phi) is 4.53. The van der Waals surface area contributed by atoms with Gasteiger partial charge < -0.3 is 10.4 Å². The molecule has 0 saturated heterocycles. The van der Waals surface area contributed by atoms with E-state index in [1.165, 1.54) is 0 Å². The summed E-state index contributed by atoms with van der Waals surface area (Å²) in [7, 11) is 0. The highest BCUT2D eigenvalue weighted by Crippen LogP contribution is 2.17. The Hall–Kier alpha value is -1.61. The minimum Gasteiger partial charge on any atom is -0.391 e. The van der Waals surface area contributed by atoms with E-state index < -0.39 is 6.10 Å². The van der Waals surface area contributed by atoms with Crippen molar-refractivity contribution in [2.24, 2.45) is 5.92 Å². The second-order valence-corrected chi connectivity index (χ2v) is 4.73. The fraction of sp³-hybridized carbons (Fsp3) is 0.400. The van der Waals surface area contributed by atoms with Gasteiger partial charge in [0.25, 0.3) is 0 Å². The number of aliphatic hydroxyl groups is 1. The molecule has 3 heteroatoms. The monoisotopic (exact) mass is 245 g/mol. The summed E-state index contributed by atoms with van der Waals surface area (Å²) < 4.78 is 0. The first-order chi connectivity index (χ1) is 8.75. The number of carbonyl (C=O) groups is 1. The standard InChI is InChI=1S/C15H19NO2/c17-14(10-12-6-2-1-3-7-12)11-16-15(18)13-8-4-5-9-13/h1-7,13-14,17H,8-11H2,(H,16,18). The maximum Gasteiger partial charge on any atom is 0.223 e. The Bertz CT molecular complexity index is 406. The molecule has 3 nitrogen and oxygen atoms in total. The van der Waals surface area contributed by atoms with Crippen LogP contribution in [0.1, 0.15) is 18.4 Å². The number of hydrogen-bond donors (Lipinski definition) is 2. The number of nitrogens with one attached hydrogen (secondary N) is 1. The van der Waals surface area contributed by atoms with Crippen molar-refractivity contribution < 1.29 is 9.90 Å². The molecule has 0 radical (unpaired) electrons. The molecule has 1 aliphatic rings. The molecule has 0 saturated carbocycles. The van der Waals surface area contributed by atoms with Crippen LogP contribution in [0, 0.1) is 5.92 Å². The predicted octanol–water partition coefficient (Wildman–Crippen LogP) is 1.67. The molecule has 0 heterocycles.